The predicted octanol–water partition coefficient (Wildman–Crippen LogP) is 6.82. The van der Waals surface area contributed by atoms with Gasteiger partial charge in [-0.05, 0) is 116 Å². The number of carboxylic acid groups (broad SMARTS) is 1. The highest BCUT2D eigenvalue weighted by molar-refractivity contribution is 5.85. The van der Waals surface area contributed by atoms with Crippen molar-refractivity contribution >= 4 is 17.9 Å². The molecule has 0 aliphatic heterocycles. The smallest absolute Gasteiger partial charge is 0.330 e. The quantitative estimate of drug-likeness (QED) is 0.246. The van der Waals surface area contributed by atoms with E-state index in [-0.39, 0.29) is 45.4 Å². The van der Waals surface area contributed by atoms with Crippen molar-refractivity contribution in [1.82, 2.24) is 0 Å². The van der Waals surface area contributed by atoms with E-state index >= 15 is 0 Å². The van der Waals surface area contributed by atoms with Crippen LogP contribution >= 0.6 is 0 Å². The van der Waals surface area contributed by atoms with Crippen molar-refractivity contribution < 1.29 is 29.0 Å². The molecular weight excluding hydrogens is 480 g/mol. The van der Waals surface area contributed by atoms with Crippen LogP contribution in [-0.4, -0.2) is 36.7 Å². The third kappa shape index (κ3) is 4.33. The Balaban J connectivity index is 1.57. The van der Waals surface area contributed by atoms with Gasteiger partial charge in [-0.15, -0.1) is 0 Å². The van der Waals surface area contributed by atoms with Gasteiger partial charge in [0.05, 0.1) is 19.6 Å². The Morgan fingerprint density at radius 1 is 1.00 bits per heavy atom. The van der Waals surface area contributed by atoms with E-state index in [4.69, 9.17) is 9.47 Å². The molecule has 1 N–H and O–H groups in total. The minimum absolute atomic E-state index is 0.0478. The van der Waals surface area contributed by atoms with Gasteiger partial charge < -0.3 is 14.6 Å². The van der Waals surface area contributed by atoms with Crippen LogP contribution in [-0.2, 0) is 23.9 Å². The minimum atomic E-state index is -0.825. The summed E-state index contributed by atoms with van der Waals surface area (Å²) in [6.07, 6.45) is 12.8. The Morgan fingerprint density at radius 2 is 1.71 bits per heavy atom. The summed E-state index contributed by atoms with van der Waals surface area (Å²) in [6, 6.07) is 0. The summed E-state index contributed by atoms with van der Waals surface area (Å²) in [7, 11) is 1.49. The zero-order valence-corrected chi connectivity index (χ0v) is 24.7. The van der Waals surface area contributed by atoms with E-state index in [1.54, 1.807) is 6.92 Å². The van der Waals surface area contributed by atoms with Crippen molar-refractivity contribution in [2.45, 2.75) is 106 Å². The molecule has 4 aliphatic rings. The Bertz CT molecular complexity index is 986. The molecule has 1 spiro atoms. The first-order chi connectivity index (χ1) is 17.8. The number of aliphatic carboxylic acids is 1. The minimum Gasteiger partial charge on any atom is -0.478 e. The molecular formula is C32H50O6. The van der Waals surface area contributed by atoms with E-state index in [9.17, 15) is 19.5 Å². The zero-order valence-electron chi connectivity index (χ0n) is 24.7. The third-order valence-electron chi connectivity index (χ3n) is 12.7. The second-order valence-electron chi connectivity index (χ2n) is 13.9. The van der Waals surface area contributed by atoms with Crippen LogP contribution in [0.15, 0.2) is 11.6 Å². The Morgan fingerprint density at radius 3 is 2.34 bits per heavy atom. The lowest BCUT2D eigenvalue weighted by molar-refractivity contribution is -0.157. The van der Waals surface area contributed by atoms with Gasteiger partial charge in [0.25, 0.3) is 0 Å². The number of hydrogen-bond donors (Lipinski definition) is 1. The Labute approximate surface area is 229 Å². The standard InChI is InChI=1S/C32H50O6/c1-20(9-8-10-21(2)27(34)35)24-13-14-30(6)26-12-11-25(22(3)28(36)37-7)31(17-18-38-23(4)33)19-32(26,31)16-15-29(24,30)5/h10,20,22,24-26H,8-9,11-19H2,1-7H3,(H,34,35)/b21-10-/t20-,22+,24-,25+,26+,29-,30+,31-,32+/m1/s1. The lowest BCUT2D eigenvalue weighted by atomic mass is 9.43. The summed E-state index contributed by atoms with van der Waals surface area (Å²) < 4.78 is 10.7. The fourth-order valence-corrected chi connectivity index (χ4v) is 10.6. The molecule has 4 rings (SSSR count). The van der Waals surface area contributed by atoms with Gasteiger partial charge in [-0.2, -0.15) is 0 Å². The summed E-state index contributed by atoms with van der Waals surface area (Å²) in [5.74, 6) is 0.781. The predicted molar refractivity (Wildman–Crippen MR) is 146 cm³/mol. The maximum Gasteiger partial charge on any atom is 0.330 e. The van der Waals surface area contributed by atoms with Crippen LogP contribution in [0.3, 0.4) is 0 Å². The van der Waals surface area contributed by atoms with Crippen LogP contribution < -0.4 is 0 Å². The second-order valence-corrected chi connectivity index (χ2v) is 13.9. The molecule has 214 valence electrons. The lowest BCUT2D eigenvalue weighted by Gasteiger charge is -2.61. The van der Waals surface area contributed by atoms with Crippen molar-refractivity contribution in [3.05, 3.63) is 11.6 Å². The molecule has 0 radical (unpaired) electrons. The Kier molecular flexibility index (Phi) is 7.88. The molecule has 4 fully saturated rings. The third-order valence-corrected chi connectivity index (χ3v) is 12.7. The number of hydrogen-bond acceptors (Lipinski definition) is 5. The normalized spacial score (nSPS) is 41.2. The van der Waals surface area contributed by atoms with E-state index in [1.807, 2.05) is 13.0 Å². The van der Waals surface area contributed by atoms with Gasteiger partial charge in [-0.25, -0.2) is 4.79 Å². The van der Waals surface area contributed by atoms with Crippen LogP contribution in [0, 0.1) is 51.2 Å². The average molecular weight is 531 g/mol. The molecule has 4 saturated carbocycles. The topological polar surface area (TPSA) is 89.9 Å². The number of fused-ring (bicyclic) bond motifs is 2. The molecule has 6 heteroatoms. The molecule has 0 unspecified atom stereocenters. The summed E-state index contributed by atoms with van der Waals surface area (Å²) in [5, 5.41) is 9.21. The highest BCUT2D eigenvalue weighted by atomic mass is 16.5. The number of carboxylic acids is 1. The SMILES string of the molecule is COC(=O)[C@@H](C)[C@@H]1CC[C@@H]2[C@]3(CC[C@]4(C)[C@@H]([C@H](C)CC/C=C(/C)C(=O)O)CC[C@@]24C)C[C@]13CCOC(C)=O. The lowest BCUT2D eigenvalue weighted by Crippen LogP contribution is -2.55. The van der Waals surface area contributed by atoms with Crippen LogP contribution in [0.2, 0.25) is 0 Å². The van der Waals surface area contributed by atoms with Crippen LogP contribution in [0.1, 0.15) is 106 Å². The monoisotopic (exact) mass is 530 g/mol. The van der Waals surface area contributed by atoms with Gasteiger partial charge in [0.2, 0.25) is 0 Å². The summed E-state index contributed by atoms with van der Waals surface area (Å²) in [4.78, 5) is 35.5. The van der Waals surface area contributed by atoms with E-state index in [0.717, 1.165) is 38.5 Å². The number of methoxy groups -OCH3 is 1. The van der Waals surface area contributed by atoms with E-state index in [2.05, 4.69) is 20.8 Å². The largest absolute Gasteiger partial charge is 0.478 e. The fourth-order valence-electron chi connectivity index (χ4n) is 10.6. The van der Waals surface area contributed by atoms with Crippen LogP contribution in [0.4, 0.5) is 0 Å². The van der Waals surface area contributed by atoms with Gasteiger partial charge in [0.15, 0.2) is 0 Å². The number of allylic oxidation sites excluding steroid dienone is 1. The maximum absolute atomic E-state index is 12.7. The molecule has 38 heavy (non-hydrogen) atoms. The highest BCUT2D eigenvalue weighted by Crippen LogP contribution is 2.87. The molecule has 0 bridgehead atoms. The van der Waals surface area contributed by atoms with Gasteiger partial charge in [-0.3, -0.25) is 9.59 Å². The van der Waals surface area contributed by atoms with Crippen molar-refractivity contribution in [3.63, 3.8) is 0 Å². The fraction of sp³-hybridized carbons (Fsp3) is 0.844. The first-order valence-electron chi connectivity index (χ1n) is 14.9. The molecule has 0 aromatic heterocycles. The second kappa shape index (κ2) is 10.3. The molecule has 0 saturated heterocycles. The van der Waals surface area contributed by atoms with Gasteiger partial charge in [0.1, 0.15) is 0 Å². The van der Waals surface area contributed by atoms with Crippen LogP contribution in [0.25, 0.3) is 0 Å². The molecule has 6 nitrogen and oxygen atoms in total. The average Bonchev–Trinajstić information content (AvgIpc) is 3.45. The molecule has 9 atom stereocenters. The number of esters is 2. The van der Waals surface area contributed by atoms with E-state index < -0.39 is 5.97 Å². The van der Waals surface area contributed by atoms with Gasteiger partial charge >= 0.3 is 17.9 Å². The Hall–Kier alpha value is -1.85. The van der Waals surface area contributed by atoms with Crippen molar-refractivity contribution in [2.24, 2.45) is 51.2 Å². The van der Waals surface area contributed by atoms with Crippen molar-refractivity contribution in [1.29, 1.82) is 0 Å². The first kappa shape index (κ1) is 29.1. The number of carbonyl (C=O) groups is 3. The summed E-state index contributed by atoms with van der Waals surface area (Å²) in [5.41, 5.74) is 1.23. The van der Waals surface area contributed by atoms with Crippen molar-refractivity contribution in [3.8, 4) is 0 Å². The maximum atomic E-state index is 12.7. The molecule has 4 aliphatic carbocycles. The van der Waals surface area contributed by atoms with Crippen molar-refractivity contribution in [2.75, 3.05) is 13.7 Å². The molecule has 0 aromatic rings. The van der Waals surface area contributed by atoms with Gasteiger partial charge in [-0.1, -0.05) is 33.8 Å². The van der Waals surface area contributed by atoms with Crippen LogP contribution in [0.5, 0.6) is 0 Å². The summed E-state index contributed by atoms with van der Waals surface area (Å²) in [6.45, 7) is 13.1. The van der Waals surface area contributed by atoms with E-state index in [1.165, 1.54) is 39.7 Å². The first-order valence-corrected chi connectivity index (χ1v) is 14.9. The van der Waals surface area contributed by atoms with Gasteiger partial charge in [0, 0.05) is 12.5 Å². The number of ether oxygens (including phenoxy) is 2. The molecule has 0 heterocycles. The molecule has 0 aromatic carbocycles. The summed E-state index contributed by atoms with van der Waals surface area (Å²) >= 11 is 0. The zero-order chi connectivity index (χ0) is 28.1. The highest BCUT2D eigenvalue weighted by Gasteiger charge is 2.80. The number of carbonyl (C=O) groups excluding carboxylic acids is 2. The number of rotatable bonds is 10. The van der Waals surface area contributed by atoms with E-state index in [0.29, 0.717) is 29.9 Å². The molecule has 0 amide bonds.